The standard InChI is InChI=1S/C10H16O2/c1-5-11-9(3)7-8-10(4)12-6-2/h7-8H,3-6H2,1-2H3/b8-7-. The second kappa shape index (κ2) is 6.53. The van der Waals surface area contributed by atoms with Crippen molar-refractivity contribution in [3.63, 3.8) is 0 Å². The Morgan fingerprint density at radius 1 is 1.00 bits per heavy atom. The lowest BCUT2D eigenvalue weighted by Crippen LogP contribution is -1.88. The van der Waals surface area contributed by atoms with E-state index >= 15 is 0 Å². The van der Waals surface area contributed by atoms with E-state index in [0.717, 1.165) is 0 Å². The van der Waals surface area contributed by atoms with Crippen LogP contribution in [0.15, 0.2) is 36.8 Å². The molecule has 0 aromatic heterocycles. The van der Waals surface area contributed by atoms with Crippen LogP contribution in [0.2, 0.25) is 0 Å². The molecule has 0 aromatic carbocycles. The third kappa shape index (κ3) is 5.59. The Morgan fingerprint density at radius 3 is 1.58 bits per heavy atom. The molecule has 0 saturated heterocycles. The van der Waals surface area contributed by atoms with Gasteiger partial charge in [0.1, 0.15) is 11.5 Å². The summed E-state index contributed by atoms with van der Waals surface area (Å²) in [4.78, 5) is 0. The van der Waals surface area contributed by atoms with E-state index in [0.29, 0.717) is 24.7 Å². The molecule has 2 nitrogen and oxygen atoms in total. The lowest BCUT2D eigenvalue weighted by atomic mass is 10.4. The first-order valence-corrected chi connectivity index (χ1v) is 4.02. The van der Waals surface area contributed by atoms with Crippen molar-refractivity contribution in [1.82, 2.24) is 0 Å². The topological polar surface area (TPSA) is 18.5 Å². The van der Waals surface area contributed by atoms with Crippen molar-refractivity contribution in [2.45, 2.75) is 13.8 Å². The molecule has 0 saturated carbocycles. The number of hydrogen-bond donors (Lipinski definition) is 0. The summed E-state index contributed by atoms with van der Waals surface area (Å²) < 4.78 is 10.2. The summed E-state index contributed by atoms with van der Waals surface area (Å²) in [5.74, 6) is 1.25. The fourth-order valence-corrected chi connectivity index (χ4v) is 0.653. The first-order chi connectivity index (χ1) is 5.70. The highest BCUT2D eigenvalue weighted by Crippen LogP contribution is 2.00. The molecule has 0 fully saturated rings. The van der Waals surface area contributed by atoms with E-state index in [1.807, 2.05) is 13.8 Å². The van der Waals surface area contributed by atoms with Crippen LogP contribution in [0.25, 0.3) is 0 Å². The molecule has 12 heavy (non-hydrogen) atoms. The monoisotopic (exact) mass is 168 g/mol. The molecule has 0 amide bonds. The Labute approximate surface area is 74.2 Å². The molecular weight excluding hydrogens is 152 g/mol. The molecule has 0 unspecified atom stereocenters. The molecular formula is C10H16O2. The Kier molecular flexibility index (Phi) is 5.88. The van der Waals surface area contributed by atoms with E-state index in [2.05, 4.69) is 13.2 Å². The van der Waals surface area contributed by atoms with Crippen LogP contribution in [-0.4, -0.2) is 13.2 Å². The van der Waals surface area contributed by atoms with Crippen molar-refractivity contribution >= 4 is 0 Å². The fourth-order valence-electron chi connectivity index (χ4n) is 0.653. The van der Waals surface area contributed by atoms with Crippen molar-refractivity contribution in [2.75, 3.05) is 13.2 Å². The van der Waals surface area contributed by atoms with Crippen LogP contribution in [0.1, 0.15) is 13.8 Å². The molecule has 0 atom stereocenters. The molecule has 0 spiro atoms. The van der Waals surface area contributed by atoms with E-state index in [1.54, 1.807) is 12.2 Å². The molecule has 0 N–H and O–H groups in total. The Balaban J connectivity index is 3.73. The third-order valence-electron chi connectivity index (χ3n) is 1.11. The van der Waals surface area contributed by atoms with Crippen molar-refractivity contribution < 1.29 is 9.47 Å². The lowest BCUT2D eigenvalue weighted by Gasteiger charge is -2.02. The highest BCUT2D eigenvalue weighted by Gasteiger charge is 1.87. The normalized spacial score (nSPS) is 9.83. The van der Waals surface area contributed by atoms with Gasteiger partial charge in [-0.3, -0.25) is 0 Å². The minimum absolute atomic E-state index is 0.623. The zero-order chi connectivity index (χ0) is 9.40. The first kappa shape index (κ1) is 10.8. The van der Waals surface area contributed by atoms with Crippen LogP contribution in [-0.2, 0) is 9.47 Å². The van der Waals surface area contributed by atoms with Gasteiger partial charge in [-0.15, -0.1) is 0 Å². The van der Waals surface area contributed by atoms with Crippen LogP contribution >= 0.6 is 0 Å². The van der Waals surface area contributed by atoms with Crippen molar-refractivity contribution in [3.8, 4) is 0 Å². The highest BCUT2D eigenvalue weighted by molar-refractivity contribution is 5.16. The minimum atomic E-state index is 0.623. The maximum atomic E-state index is 5.09. The van der Waals surface area contributed by atoms with Crippen LogP contribution < -0.4 is 0 Å². The van der Waals surface area contributed by atoms with Crippen LogP contribution in [0.4, 0.5) is 0 Å². The van der Waals surface area contributed by atoms with Gasteiger partial charge in [0.15, 0.2) is 0 Å². The molecule has 0 heterocycles. The second-order valence-corrected chi connectivity index (χ2v) is 2.13. The lowest BCUT2D eigenvalue weighted by molar-refractivity contribution is 0.238. The number of hydrogen-bond acceptors (Lipinski definition) is 2. The summed E-state index contributed by atoms with van der Waals surface area (Å²) in [7, 11) is 0. The van der Waals surface area contributed by atoms with Gasteiger partial charge in [0, 0.05) is 0 Å². The highest BCUT2D eigenvalue weighted by atomic mass is 16.5. The SMILES string of the molecule is C=C(/C=C\C(=C)OCC)OCC. The third-order valence-corrected chi connectivity index (χ3v) is 1.11. The average molecular weight is 168 g/mol. The number of rotatable bonds is 6. The van der Waals surface area contributed by atoms with E-state index in [4.69, 9.17) is 9.47 Å². The van der Waals surface area contributed by atoms with Gasteiger partial charge in [0.2, 0.25) is 0 Å². The zero-order valence-corrected chi connectivity index (χ0v) is 7.80. The van der Waals surface area contributed by atoms with E-state index in [1.165, 1.54) is 0 Å². The fraction of sp³-hybridized carbons (Fsp3) is 0.400. The largest absolute Gasteiger partial charge is 0.495 e. The van der Waals surface area contributed by atoms with E-state index in [9.17, 15) is 0 Å². The Morgan fingerprint density at radius 2 is 1.33 bits per heavy atom. The quantitative estimate of drug-likeness (QED) is 0.448. The molecule has 0 aliphatic heterocycles. The van der Waals surface area contributed by atoms with Gasteiger partial charge in [-0.2, -0.15) is 0 Å². The molecule has 2 heteroatoms. The predicted octanol–water partition coefficient (Wildman–Crippen LogP) is 2.64. The maximum Gasteiger partial charge on any atom is 0.112 e. The molecule has 0 radical (unpaired) electrons. The van der Waals surface area contributed by atoms with Crippen LogP contribution in [0.5, 0.6) is 0 Å². The van der Waals surface area contributed by atoms with Gasteiger partial charge >= 0.3 is 0 Å². The summed E-state index contributed by atoms with van der Waals surface area (Å²) >= 11 is 0. The van der Waals surface area contributed by atoms with E-state index < -0.39 is 0 Å². The van der Waals surface area contributed by atoms with Gasteiger partial charge in [-0.1, -0.05) is 13.2 Å². The average Bonchev–Trinajstić information content (AvgIpc) is 2.02. The molecule has 0 rings (SSSR count). The number of ether oxygens (including phenoxy) is 2. The van der Waals surface area contributed by atoms with Gasteiger partial charge in [-0.05, 0) is 26.0 Å². The summed E-state index contributed by atoms with van der Waals surface area (Å²) in [6.07, 6.45) is 3.48. The van der Waals surface area contributed by atoms with Gasteiger partial charge in [-0.25, -0.2) is 0 Å². The van der Waals surface area contributed by atoms with Gasteiger partial charge in [0.05, 0.1) is 13.2 Å². The molecule has 68 valence electrons. The molecule has 0 aliphatic carbocycles. The summed E-state index contributed by atoms with van der Waals surface area (Å²) in [6, 6.07) is 0. The van der Waals surface area contributed by atoms with Crippen molar-refractivity contribution in [3.05, 3.63) is 36.8 Å². The van der Waals surface area contributed by atoms with Gasteiger partial charge in [0.25, 0.3) is 0 Å². The number of allylic oxidation sites excluding steroid dienone is 2. The Hall–Kier alpha value is -1.18. The summed E-state index contributed by atoms with van der Waals surface area (Å²) in [6.45, 7) is 12.4. The minimum Gasteiger partial charge on any atom is -0.495 e. The van der Waals surface area contributed by atoms with Crippen LogP contribution in [0, 0.1) is 0 Å². The Bertz CT molecular complexity index is 160. The van der Waals surface area contributed by atoms with E-state index in [-0.39, 0.29) is 0 Å². The first-order valence-electron chi connectivity index (χ1n) is 4.02. The summed E-state index contributed by atoms with van der Waals surface area (Å²) in [5, 5.41) is 0. The van der Waals surface area contributed by atoms with Gasteiger partial charge < -0.3 is 9.47 Å². The maximum absolute atomic E-state index is 5.09. The second-order valence-electron chi connectivity index (χ2n) is 2.13. The van der Waals surface area contributed by atoms with Crippen molar-refractivity contribution in [1.29, 1.82) is 0 Å². The molecule has 0 aromatic rings. The molecule has 0 aliphatic rings. The molecule has 0 bridgehead atoms. The van der Waals surface area contributed by atoms with Crippen LogP contribution in [0.3, 0.4) is 0 Å². The smallest absolute Gasteiger partial charge is 0.112 e. The summed E-state index contributed by atoms with van der Waals surface area (Å²) in [5.41, 5.74) is 0. The predicted molar refractivity (Wildman–Crippen MR) is 50.7 cm³/mol. The zero-order valence-electron chi connectivity index (χ0n) is 7.80. The van der Waals surface area contributed by atoms with Crippen molar-refractivity contribution in [2.24, 2.45) is 0 Å².